The predicted molar refractivity (Wildman–Crippen MR) is 69.4 cm³/mol. The largest absolute Gasteiger partial charge is 0.482 e. The molecule has 0 N–H and O–H groups in total. The quantitative estimate of drug-likeness (QED) is 0.483. The van der Waals surface area contributed by atoms with Gasteiger partial charge in [-0.15, -0.1) is 0 Å². The minimum absolute atomic E-state index is 0.0494. The first-order valence-corrected chi connectivity index (χ1v) is 5.85. The molecule has 19 heavy (non-hydrogen) atoms. The van der Waals surface area contributed by atoms with Gasteiger partial charge in [0.25, 0.3) is 5.69 Å². The van der Waals surface area contributed by atoms with Crippen molar-refractivity contribution in [1.29, 1.82) is 0 Å². The van der Waals surface area contributed by atoms with E-state index in [-0.39, 0.29) is 23.1 Å². The second-order valence-corrected chi connectivity index (χ2v) is 5.15. The highest BCUT2D eigenvalue weighted by atomic mass is 35.5. The zero-order valence-electron chi connectivity index (χ0n) is 10.8. The van der Waals surface area contributed by atoms with Gasteiger partial charge in [-0.2, -0.15) is 0 Å². The molecule has 0 aromatic heterocycles. The van der Waals surface area contributed by atoms with Gasteiger partial charge >= 0.3 is 5.97 Å². The summed E-state index contributed by atoms with van der Waals surface area (Å²) >= 11 is 5.71. The summed E-state index contributed by atoms with van der Waals surface area (Å²) in [5.41, 5.74) is -0.806. The number of carbonyl (C=O) groups excluding carboxylic acids is 1. The monoisotopic (exact) mass is 287 g/mol. The van der Waals surface area contributed by atoms with Crippen LogP contribution in [0, 0.1) is 10.1 Å². The lowest BCUT2D eigenvalue weighted by molar-refractivity contribution is -0.384. The number of nitro groups is 1. The lowest BCUT2D eigenvalue weighted by atomic mass is 10.2. The van der Waals surface area contributed by atoms with Crippen LogP contribution in [0.5, 0.6) is 5.75 Å². The van der Waals surface area contributed by atoms with Gasteiger partial charge in [0.05, 0.1) is 4.92 Å². The van der Waals surface area contributed by atoms with Crippen molar-refractivity contribution < 1.29 is 19.2 Å². The highest BCUT2D eigenvalue weighted by molar-refractivity contribution is 6.32. The Labute approximate surface area is 115 Å². The summed E-state index contributed by atoms with van der Waals surface area (Å²) < 4.78 is 10.2. The molecule has 0 spiro atoms. The van der Waals surface area contributed by atoms with Crippen LogP contribution in [0.25, 0.3) is 0 Å². The predicted octanol–water partition coefficient (Wildman–Crippen LogP) is 2.97. The molecule has 1 aromatic rings. The SMILES string of the molecule is CC(C)(C)OC(=O)COc1ccc([N+](=O)[O-])c(Cl)c1. The molecule has 0 bridgehead atoms. The molecule has 0 saturated heterocycles. The molecule has 104 valence electrons. The Bertz CT molecular complexity index is 495. The number of benzene rings is 1. The lowest BCUT2D eigenvalue weighted by Gasteiger charge is -2.19. The summed E-state index contributed by atoms with van der Waals surface area (Å²) in [6, 6.07) is 3.87. The van der Waals surface area contributed by atoms with E-state index < -0.39 is 16.5 Å². The number of halogens is 1. The highest BCUT2D eigenvalue weighted by Gasteiger charge is 2.17. The van der Waals surface area contributed by atoms with Gasteiger partial charge in [-0.1, -0.05) is 11.6 Å². The number of esters is 1. The average Bonchev–Trinajstić information content (AvgIpc) is 2.23. The molecule has 0 radical (unpaired) electrons. The molecule has 0 aliphatic rings. The Morgan fingerprint density at radius 1 is 1.42 bits per heavy atom. The molecule has 0 atom stereocenters. The van der Waals surface area contributed by atoms with Gasteiger partial charge in [0.15, 0.2) is 6.61 Å². The fourth-order valence-electron chi connectivity index (χ4n) is 1.24. The lowest BCUT2D eigenvalue weighted by Crippen LogP contribution is -2.27. The molecule has 1 aromatic carbocycles. The Balaban J connectivity index is 2.62. The Morgan fingerprint density at radius 2 is 2.05 bits per heavy atom. The number of carbonyl (C=O) groups is 1. The molecule has 0 unspecified atom stereocenters. The molecule has 0 saturated carbocycles. The molecule has 0 fully saturated rings. The fraction of sp³-hybridized carbons (Fsp3) is 0.417. The van der Waals surface area contributed by atoms with E-state index in [2.05, 4.69) is 0 Å². The Kier molecular flexibility index (Phi) is 4.72. The number of ether oxygens (including phenoxy) is 2. The van der Waals surface area contributed by atoms with Crippen LogP contribution in [0.4, 0.5) is 5.69 Å². The Hall–Kier alpha value is -1.82. The third-order valence-electron chi connectivity index (χ3n) is 1.89. The summed E-state index contributed by atoms with van der Waals surface area (Å²) in [6.45, 7) is 4.94. The van der Waals surface area contributed by atoms with E-state index in [1.165, 1.54) is 18.2 Å². The van der Waals surface area contributed by atoms with Crippen molar-refractivity contribution in [2.45, 2.75) is 26.4 Å². The summed E-state index contributed by atoms with van der Waals surface area (Å²) in [4.78, 5) is 21.4. The van der Waals surface area contributed by atoms with Crippen molar-refractivity contribution in [2.75, 3.05) is 6.61 Å². The number of nitro benzene ring substituents is 1. The van der Waals surface area contributed by atoms with Crippen LogP contribution >= 0.6 is 11.6 Å². The fourth-order valence-corrected chi connectivity index (χ4v) is 1.48. The van der Waals surface area contributed by atoms with Crippen LogP contribution < -0.4 is 4.74 Å². The molecule has 6 nitrogen and oxygen atoms in total. The third-order valence-corrected chi connectivity index (χ3v) is 2.20. The third kappa shape index (κ3) is 5.13. The van der Waals surface area contributed by atoms with Gasteiger partial charge in [-0.05, 0) is 26.8 Å². The maximum Gasteiger partial charge on any atom is 0.344 e. The van der Waals surface area contributed by atoms with E-state index in [1.54, 1.807) is 20.8 Å². The van der Waals surface area contributed by atoms with Gasteiger partial charge in [-0.3, -0.25) is 10.1 Å². The van der Waals surface area contributed by atoms with E-state index in [1.807, 2.05) is 0 Å². The minimum Gasteiger partial charge on any atom is -0.482 e. The van der Waals surface area contributed by atoms with E-state index in [9.17, 15) is 14.9 Å². The number of rotatable bonds is 4. The summed E-state index contributed by atoms with van der Waals surface area (Å²) in [5, 5.41) is 10.5. The first kappa shape index (κ1) is 15.2. The topological polar surface area (TPSA) is 78.7 Å². The maximum atomic E-state index is 11.4. The van der Waals surface area contributed by atoms with Crippen LogP contribution in [0.2, 0.25) is 5.02 Å². The van der Waals surface area contributed by atoms with Gasteiger partial charge < -0.3 is 9.47 Å². The van der Waals surface area contributed by atoms with Crippen LogP contribution in [-0.4, -0.2) is 23.1 Å². The molecule has 0 aliphatic heterocycles. The summed E-state index contributed by atoms with van der Waals surface area (Å²) in [7, 11) is 0. The standard InChI is InChI=1S/C12H14ClNO5/c1-12(2,3)19-11(15)7-18-8-4-5-10(14(16)17)9(13)6-8/h4-6H,7H2,1-3H3. The molecule has 0 heterocycles. The molecular weight excluding hydrogens is 274 g/mol. The van der Waals surface area contributed by atoms with Crippen molar-refractivity contribution in [3.05, 3.63) is 33.3 Å². The zero-order valence-corrected chi connectivity index (χ0v) is 11.6. The van der Waals surface area contributed by atoms with E-state index >= 15 is 0 Å². The van der Waals surface area contributed by atoms with Crippen molar-refractivity contribution in [2.24, 2.45) is 0 Å². The van der Waals surface area contributed by atoms with E-state index in [4.69, 9.17) is 21.1 Å². The summed E-state index contributed by atoms with van der Waals surface area (Å²) in [5.74, 6) is -0.261. The van der Waals surface area contributed by atoms with Crippen molar-refractivity contribution in [3.63, 3.8) is 0 Å². The number of hydrogen-bond acceptors (Lipinski definition) is 5. The summed E-state index contributed by atoms with van der Waals surface area (Å²) in [6.07, 6.45) is 0. The van der Waals surface area contributed by atoms with E-state index in [0.29, 0.717) is 0 Å². The van der Waals surface area contributed by atoms with Gasteiger partial charge in [0.1, 0.15) is 16.4 Å². The smallest absolute Gasteiger partial charge is 0.344 e. The second kappa shape index (κ2) is 5.88. The van der Waals surface area contributed by atoms with Crippen LogP contribution in [0.1, 0.15) is 20.8 Å². The van der Waals surface area contributed by atoms with Crippen molar-refractivity contribution in [3.8, 4) is 5.75 Å². The van der Waals surface area contributed by atoms with Crippen LogP contribution in [0.3, 0.4) is 0 Å². The van der Waals surface area contributed by atoms with Crippen molar-refractivity contribution in [1.82, 2.24) is 0 Å². The number of hydrogen-bond donors (Lipinski definition) is 0. The molecule has 1 rings (SSSR count). The van der Waals surface area contributed by atoms with Crippen LogP contribution in [-0.2, 0) is 9.53 Å². The van der Waals surface area contributed by atoms with Gasteiger partial charge in [-0.25, -0.2) is 4.79 Å². The zero-order chi connectivity index (χ0) is 14.6. The maximum absolute atomic E-state index is 11.4. The minimum atomic E-state index is -0.597. The Morgan fingerprint density at radius 3 is 2.53 bits per heavy atom. The first-order valence-electron chi connectivity index (χ1n) is 5.47. The highest BCUT2D eigenvalue weighted by Crippen LogP contribution is 2.28. The van der Waals surface area contributed by atoms with Crippen LogP contribution in [0.15, 0.2) is 18.2 Å². The molecular formula is C12H14ClNO5. The second-order valence-electron chi connectivity index (χ2n) is 4.75. The van der Waals surface area contributed by atoms with E-state index in [0.717, 1.165) is 0 Å². The van der Waals surface area contributed by atoms with Crippen molar-refractivity contribution >= 4 is 23.3 Å². The molecule has 7 heteroatoms. The average molecular weight is 288 g/mol. The molecule has 0 amide bonds. The normalized spacial score (nSPS) is 10.9. The van der Waals surface area contributed by atoms with Gasteiger partial charge in [0.2, 0.25) is 0 Å². The number of nitrogens with zero attached hydrogens (tertiary/aromatic N) is 1. The first-order chi connectivity index (χ1) is 8.69. The molecule has 0 aliphatic carbocycles. The van der Waals surface area contributed by atoms with Gasteiger partial charge in [0, 0.05) is 12.1 Å².